The van der Waals surface area contributed by atoms with E-state index in [4.69, 9.17) is 11.6 Å². The number of rotatable bonds is 4. The monoisotopic (exact) mass is 299 g/mol. The molecule has 0 aliphatic heterocycles. The van der Waals surface area contributed by atoms with Gasteiger partial charge in [0.05, 0.1) is 9.92 Å². The molecule has 0 aromatic heterocycles. The van der Waals surface area contributed by atoms with Gasteiger partial charge in [-0.2, -0.15) is 0 Å². The molecule has 0 spiro atoms. The average Bonchev–Trinajstić information content (AvgIpc) is 2.38. The first-order valence-corrected chi connectivity index (χ1v) is 6.86. The fraction of sp³-hybridized carbons (Fsp3) is 0.143. The van der Waals surface area contributed by atoms with Crippen molar-refractivity contribution in [2.45, 2.75) is 16.3 Å². The van der Waals surface area contributed by atoms with Crippen molar-refractivity contribution in [1.82, 2.24) is 5.32 Å². The van der Waals surface area contributed by atoms with Crippen LogP contribution >= 0.6 is 23.4 Å². The van der Waals surface area contributed by atoms with Crippen LogP contribution in [0, 0.1) is 11.6 Å². The van der Waals surface area contributed by atoms with E-state index in [1.54, 1.807) is 6.07 Å². The van der Waals surface area contributed by atoms with E-state index in [1.807, 2.05) is 19.2 Å². The van der Waals surface area contributed by atoms with Crippen LogP contribution in [0.4, 0.5) is 8.78 Å². The quantitative estimate of drug-likeness (QED) is 0.893. The Kier molecular flexibility index (Phi) is 4.80. The zero-order valence-electron chi connectivity index (χ0n) is 10.2. The van der Waals surface area contributed by atoms with Gasteiger partial charge < -0.3 is 5.32 Å². The van der Waals surface area contributed by atoms with Crippen molar-refractivity contribution in [3.63, 3.8) is 0 Å². The van der Waals surface area contributed by atoms with E-state index in [9.17, 15) is 8.78 Å². The summed E-state index contributed by atoms with van der Waals surface area (Å²) < 4.78 is 26.8. The van der Waals surface area contributed by atoms with Crippen LogP contribution in [0.15, 0.2) is 46.2 Å². The van der Waals surface area contributed by atoms with Crippen LogP contribution < -0.4 is 5.32 Å². The van der Waals surface area contributed by atoms with Crippen LogP contribution in [0.5, 0.6) is 0 Å². The van der Waals surface area contributed by atoms with Gasteiger partial charge in [0.15, 0.2) is 0 Å². The standard InChI is InChI=1S/C14H12ClF2NS/c1-18-8-9-3-2-4-11(15)14(9)19-13-7-10(16)5-6-12(13)17/h2-7,18H,8H2,1H3. The van der Waals surface area contributed by atoms with E-state index in [1.165, 1.54) is 6.07 Å². The minimum absolute atomic E-state index is 0.227. The van der Waals surface area contributed by atoms with Crippen LogP contribution in [0.25, 0.3) is 0 Å². The minimum Gasteiger partial charge on any atom is -0.316 e. The highest BCUT2D eigenvalue weighted by Crippen LogP contribution is 2.37. The molecule has 1 nitrogen and oxygen atoms in total. The maximum absolute atomic E-state index is 13.7. The van der Waals surface area contributed by atoms with Gasteiger partial charge in [0, 0.05) is 11.4 Å². The molecule has 0 heterocycles. The van der Waals surface area contributed by atoms with Gasteiger partial charge in [-0.3, -0.25) is 0 Å². The molecule has 0 amide bonds. The molecule has 0 saturated carbocycles. The molecule has 19 heavy (non-hydrogen) atoms. The average molecular weight is 300 g/mol. The van der Waals surface area contributed by atoms with Crippen molar-refractivity contribution in [1.29, 1.82) is 0 Å². The van der Waals surface area contributed by atoms with E-state index in [2.05, 4.69) is 5.32 Å². The fourth-order valence-corrected chi connectivity index (χ4v) is 2.97. The predicted molar refractivity (Wildman–Crippen MR) is 74.7 cm³/mol. The highest BCUT2D eigenvalue weighted by atomic mass is 35.5. The maximum Gasteiger partial charge on any atom is 0.137 e. The summed E-state index contributed by atoms with van der Waals surface area (Å²) in [5.74, 6) is -0.923. The molecule has 1 N–H and O–H groups in total. The summed E-state index contributed by atoms with van der Waals surface area (Å²) in [6, 6.07) is 8.86. The lowest BCUT2D eigenvalue weighted by atomic mass is 10.2. The second kappa shape index (κ2) is 6.37. The molecule has 0 saturated heterocycles. The number of nitrogens with one attached hydrogen (secondary N) is 1. The molecular formula is C14H12ClF2NS. The summed E-state index contributed by atoms with van der Waals surface area (Å²) in [7, 11) is 1.82. The Hall–Kier alpha value is -1.10. The Morgan fingerprint density at radius 3 is 2.74 bits per heavy atom. The first kappa shape index (κ1) is 14.3. The van der Waals surface area contributed by atoms with Crippen LogP contribution in [0.3, 0.4) is 0 Å². The normalized spacial score (nSPS) is 10.7. The third-order valence-electron chi connectivity index (χ3n) is 2.52. The lowest BCUT2D eigenvalue weighted by molar-refractivity contribution is 0.577. The van der Waals surface area contributed by atoms with Crippen LogP contribution in [-0.2, 0) is 6.54 Å². The molecule has 5 heteroatoms. The highest BCUT2D eigenvalue weighted by molar-refractivity contribution is 7.99. The largest absolute Gasteiger partial charge is 0.316 e. The molecule has 2 aromatic rings. The van der Waals surface area contributed by atoms with Gasteiger partial charge in [0.2, 0.25) is 0 Å². The Bertz CT molecular complexity index is 590. The number of halogens is 3. The molecule has 0 aliphatic rings. The Morgan fingerprint density at radius 1 is 1.21 bits per heavy atom. The van der Waals surface area contributed by atoms with Crippen LogP contribution in [0.2, 0.25) is 5.02 Å². The third-order valence-corrected chi connectivity index (χ3v) is 4.17. The highest BCUT2D eigenvalue weighted by Gasteiger charge is 2.12. The molecule has 100 valence electrons. The summed E-state index contributed by atoms with van der Waals surface area (Å²) >= 11 is 7.28. The SMILES string of the molecule is CNCc1cccc(Cl)c1Sc1cc(F)ccc1F. The summed E-state index contributed by atoms with van der Waals surface area (Å²) in [5.41, 5.74) is 0.948. The smallest absolute Gasteiger partial charge is 0.137 e. The first-order chi connectivity index (χ1) is 9.11. The molecular weight excluding hydrogens is 288 g/mol. The van der Waals surface area contributed by atoms with Crippen molar-refractivity contribution in [3.8, 4) is 0 Å². The van der Waals surface area contributed by atoms with Gasteiger partial charge in [-0.1, -0.05) is 35.5 Å². The lowest BCUT2D eigenvalue weighted by Gasteiger charge is -2.11. The van der Waals surface area contributed by atoms with Crippen molar-refractivity contribution in [2.24, 2.45) is 0 Å². The van der Waals surface area contributed by atoms with Gasteiger partial charge in [0.1, 0.15) is 11.6 Å². The molecule has 0 aliphatic carbocycles. The van der Waals surface area contributed by atoms with Crippen LogP contribution in [0.1, 0.15) is 5.56 Å². The Morgan fingerprint density at radius 2 is 2.00 bits per heavy atom. The van der Waals surface area contributed by atoms with Gasteiger partial charge in [-0.25, -0.2) is 8.78 Å². The lowest BCUT2D eigenvalue weighted by Crippen LogP contribution is -2.06. The minimum atomic E-state index is -0.467. The van der Waals surface area contributed by atoms with Crippen molar-refractivity contribution < 1.29 is 8.78 Å². The Labute approximate surface area is 120 Å². The molecule has 0 fully saturated rings. The molecule has 2 aromatic carbocycles. The molecule has 0 radical (unpaired) electrons. The van der Waals surface area contributed by atoms with Crippen molar-refractivity contribution in [3.05, 3.63) is 58.6 Å². The third kappa shape index (κ3) is 3.47. The van der Waals surface area contributed by atoms with E-state index in [-0.39, 0.29) is 4.90 Å². The van der Waals surface area contributed by atoms with Gasteiger partial charge in [-0.15, -0.1) is 0 Å². The maximum atomic E-state index is 13.7. The van der Waals surface area contributed by atoms with Gasteiger partial charge >= 0.3 is 0 Å². The topological polar surface area (TPSA) is 12.0 Å². The molecule has 0 unspecified atom stereocenters. The second-order valence-corrected chi connectivity index (χ2v) is 5.39. The van der Waals surface area contributed by atoms with Crippen molar-refractivity contribution in [2.75, 3.05) is 7.05 Å². The Balaban J connectivity index is 2.39. The zero-order valence-corrected chi connectivity index (χ0v) is 11.8. The predicted octanol–water partition coefficient (Wildman–Crippen LogP) is 4.49. The van der Waals surface area contributed by atoms with E-state index < -0.39 is 11.6 Å². The van der Waals surface area contributed by atoms with Crippen LogP contribution in [-0.4, -0.2) is 7.05 Å². The van der Waals surface area contributed by atoms with E-state index >= 15 is 0 Å². The van der Waals surface area contributed by atoms with Gasteiger partial charge in [-0.05, 0) is 36.9 Å². The summed E-state index contributed by atoms with van der Waals surface area (Å²) in [6.45, 7) is 0.611. The number of benzene rings is 2. The molecule has 0 bridgehead atoms. The zero-order chi connectivity index (χ0) is 13.8. The van der Waals surface area contributed by atoms with Crippen molar-refractivity contribution >= 4 is 23.4 Å². The summed E-state index contributed by atoms with van der Waals surface area (Å²) in [4.78, 5) is 0.966. The summed E-state index contributed by atoms with van der Waals surface area (Å²) in [6.07, 6.45) is 0. The molecule has 2 rings (SSSR count). The molecule has 0 atom stereocenters. The number of hydrogen-bond donors (Lipinski definition) is 1. The second-order valence-electron chi connectivity index (χ2n) is 3.94. The fourth-order valence-electron chi connectivity index (χ4n) is 1.66. The summed E-state index contributed by atoms with van der Waals surface area (Å²) in [5, 5.41) is 3.55. The van der Waals surface area contributed by atoms with Gasteiger partial charge in [0.25, 0.3) is 0 Å². The van der Waals surface area contributed by atoms with E-state index in [0.29, 0.717) is 11.6 Å². The van der Waals surface area contributed by atoms with E-state index in [0.717, 1.165) is 34.4 Å². The number of hydrogen-bond acceptors (Lipinski definition) is 2. The first-order valence-electron chi connectivity index (χ1n) is 5.66.